The molecule has 0 fully saturated rings. The molecule has 0 unspecified atom stereocenters. The second-order valence-corrected chi connectivity index (χ2v) is 3.71. The lowest BCUT2D eigenvalue weighted by Crippen LogP contribution is -2.16. The van der Waals surface area contributed by atoms with Crippen molar-refractivity contribution in [2.45, 2.75) is 19.4 Å². The van der Waals surface area contributed by atoms with Crippen molar-refractivity contribution in [2.75, 3.05) is 13.2 Å². The van der Waals surface area contributed by atoms with Crippen molar-refractivity contribution in [3.8, 4) is 0 Å². The standard InChI is InChI=1S/C11H15ClFNO/c12-10-4-3-5-11(13)9(10)8-14-6-1-2-7-15/h3-5,14-15H,1-2,6-8H2. The Hall–Kier alpha value is -0.640. The summed E-state index contributed by atoms with van der Waals surface area (Å²) in [4.78, 5) is 0. The summed E-state index contributed by atoms with van der Waals surface area (Å²) >= 11 is 5.85. The molecule has 0 amide bonds. The van der Waals surface area contributed by atoms with Gasteiger partial charge in [0.2, 0.25) is 0 Å². The predicted octanol–water partition coefficient (Wildman–Crippen LogP) is 2.34. The zero-order valence-corrected chi connectivity index (χ0v) is 9.23. The van der Waals surface area contributed by atoms with Crippen molar-refractivity contribution in [2.24, 2.45) is 0 Å². The van der Waals surface area contributed by atoms with E-state index in [4.69, 9.17) is 16.7 Å². The van der Waals surface area contributed by atoms with Crippen molar-refractivity contribution in [1.29, 1.82) is 0 Å². The van der Waals surface area contributed by atoms with Gasteiger partial charge in [0.15, 0.2) is 0 Å². The minimum absolute atomic E-state index is 0.197. The molecule has 0 aliphatic carbocycles. The summed E-state index contributed by atoms with van der Waals surface area (Å²) in [6, 6.07) is 4.67. The molecule has 0 atom stereocenters. The fraction of sp³-hybridized carbons (Fsp3) is 0.455. The summed E-state index contributed by atoms with van der Waals surface area (Å²) in [7, 11) is 0. The first-order valence-corrected chi connectivity index (χ1v) is 5.38. The molecule has 1 aromatic rings. The van der Waals surface area contributed by atoms with E-state index in [1.54, 1.807) is 12.1 Å². The topological polar surface area (TPSA) is 32.3 Å². The number of hydrogen-bond donors (Lipinski definition) is 2. The van der Waals surface area contributed by atoms with Crippen LogP contribution in [0.5, 0.6) is 0 Å². The Labute approximate surface area is 94.1 Å². The van der Waals surface area contributed by atoms with Gasteiger partial charge in [-0.25, -0.2) is 4.39 Å². The van der Waals surface area contributed by atoms with E-state index in [9.17, 15) is 4.39 Å². The first-order valence-electron chi connectivity index (χ1n) is 5.00. The highest BCUT2D eigenvalue weighted by Crippen LogP contribution is 2.18. The molecule has 0 saturated carbocycles. The van der Waals surface area contributed by atoms with E-state index in [-0.39, 0.29) is 12.4 Å². The molecule has 0 spiro atoms. The van der Waals surface area contributed by atoms with Crippen LogP contribution in [0.4, 0.5) is 4.39 Å². The van der Waals surface area contributed by atoms with Crippen LogP contribution in [0.15, 0.2) is 18.2 Å². The summed E-state index contributed by atoms with van der Waals surface area (Å²) in [5.41, 5.74) is 0.503. The number of hydrogen-bond acceptors (Lipinski definition) is 2. The third-order valence-corrected chi connectivity index (χ3v) is 2.48. The lowest BCUT2D eigenvalue weighted by Gasteiger charge is -2.07. The van der Waals surface area contributed by atoms with Gasteiger partial charge in [-0.1, -0.05) is 17.7 Å². The van der Waals surface area contributed by atoms with Crippen molar-refractivity contribution >= 4 is 11.6 Å². The SMILES string of the molecule is OCCCCNCc1c(F)cccc1Cl. The van der Waals surface area contributed by atoms with E-state index in [1.165, 1.54) is 6.07 Å². The average molecular weight is 232 g/mol. The second-order valence-electron chi connectivity index (χ2n) is 3.31. The zero-order chi connectivity index (χ0) is 11.1. The van der Waals surface area contributed by atoms with Crippen LogP contribution in [0.25, 0.3) is 0 Å². The zero-order valence-electron chi connectivity index (χ0n) is 8.47. The monoisotopic (exact) mass is 231 g/mol. The van der Waals surface area contributed by atoms with Crippen molar-refractivity contribution in [1.82, 2.24) is 5.32 Å². The van der Waals surface area contributed by atoms with Gasteiger partial charge in [0, 0.05) is 23.7 Å². The summed E-state index contributed by atoms with van der Waals surface area (Å²) in [6.45, 7) is 1.38. The van der Waals surface area contributed by atoms with Gasteiger partial charge < -0.3 is 10.4 Å². The Balaban J connectivity index is 2.37. The molecule has 84 valence electrons. The van der Waals surface area contributed by atoms with Crippen LogP contribution in [-0.2, 0) is 6.54 Å². The lowest BCUT2D eigenvalue weighted by atomic mass is 10.2. The van der Waals surface area contributed by atoms with Crippen LogP contribution in [0.1, 0.15) is 18.4 Å². The van der Waals surface area contributed by atoms with Gasteiger partial charge in [0.1, 0.15) is 5.82 Å². The first-order chi connectivity index (χ1) is 7.25. The average Bonchev–Trinajstić information content (AvgIpc) is 2.21. The number of aliphatic hydroxyl groups excluding tert-OH is 1. The molecule has 4 heteroatoms. The molecule has 1 rings (SSSR count). The minimum atomic E-state index is -0.280. The third-order valence-electron chi connectivity index (χ3n) is 2.13. The van der Waals surface area contributed by atoms with E-state index in [0.29, 0.717) is 17.1 Å². The third kappa shape index (κ3) is 4.16. The highest BCUT2D eigenvalue weighted by molar-refractivity contribution is 6.31. The van der Waals surface area contributed by atoms with E-state index in [1.807, 2.05) is 0 Å². The highest BCUT2D eigenvalue weighted by Gasteiger charge is 2.05. The Morgan fingerprint density at radius 1 is 1.33 bits per heavy atom. The molecule has 0 saturated heterocycles. The van der Waals surface area contributed by atoms with Gasteiger partial charge in [-0.2, -0.15) is 0 Å². The summed E-state index contributed by atoms with van der Waals surface area (Å²) in [5, 5.41) is 12.1. The Morgan fingerprint density at radius 2 is 2.13 bits per heavy atom. The molecule has 0 aliphatic heterocycles. The van der Waals surface area contributed by atoms with Gasteiger partial charge in [0.05, 0.1) is 0 Å². The quantitative estimate of drug-likeness (QED) is 0.737. The molecule has 2 N–H and O–H groups in total. The van der Waals surface area contributed by atoms with Crippen molar-refractivity contribution < 1.29 is 9.50 Å². The molecule has 0 bridgehead atoms. The van der Waals surface area contributed by atoms with Crippen LogP contribution in [0, 0.1) is 5.82 Å². The van der Waals surface area contributed by atoms with Crippen molar-refractivity contribution in [3.63, 3.8) is 0 Å². The van der Waals surface area contributed by atoms with Gasteiger partial charge in [0.25, 0.3) is 0 Å². The molecule has 15 heavy (non-hydrogen) atoms. The normalized spacial score (nSPS) is 10.6. The maximum absolute atomic E-state index is 13.3. The van der Waals surface area contributed by atoms with E-state index < -0.39 is 0 Å². The summed E-state index contributed by atoms with van der Waals surface area (Å²) in [5.74, 6) is -0.280. The molecule has 2 nitrogen and oxygen atoms in total. The van der Waals surface area contributed by atoms with Crippen LogP contribution >= 0.6 is 11.6 Å². The fourth-order valence-corrected chi connectivity index (χ4v) is 1.51. The van der Waals surface area contributed by atoms with Crippen molar-refractivity contribution in [3.05, 3.63) is 34.6 Å². The molecule has 0 aromatic heterocycles. The molecular formula is C11H15ClFNO. The molecule has 0 radical (unpaired) electrons. The number of nitrogens with one attached hydrogen (secondary N) is 1. The lowest BCUT2D eigenvalue weighted by molar-refractivity contribution is 0.283. The number of rotatable bonds is 6. The Bertz CT molecular complexity index is 286. The maximum atomic E-state index is 13.3. The largest absolute Gasteiger partial charge is 0.396 e. The first kappa shape index (κ1) is 12.4. The van der Waals surface area contributed by atoms with Crippen LogP contribution < -0.4 is 5.32 Å². The minimum Gasteiger partial charge on any atom is -0.396 e. The van der Waals surface area contributed by atoms with Crippen LogP contribution in [0.2, 0.25) is 5.02 Å². The van der Waals surface area contributed by atoms with Crippen LogP contribution in [-0.4, -0.2) is 18.3 Å². The van der Waals surface area contributed by atoms with E-state index in [2.05, 4.69) is 5.32 Å². The Morgan fingerprint density at radius 3 is 2.80 bits per heavy atom. The second kappa shape index (κ2) is 6.77. The van der Waals surface area contributed by atoms with Gasteiger partial charge in [-0.3, -0.25) is 0 Å². The van der Waals surface area contributed by atoms with E-state index >= 15 is 0 Å². The highest BCUT2D eigenvalue weighted by atomic mass is 35.5. The maximum Gasteiger partial charge on any atom is 0.129 e. The number of benzene rings is 1. The van der Waals surface area contributed by atoms with Gasteiger partial charge in [-0.15, -0.1) is 0 Å². The molecule has 1 aromatic carbocycles. The number of unbranched alkanes of at least 4 members (excludes halogenated alkanes) is 1. The molecule has 0 aliphatic rings. The van der Waals surface area contributed by atoms with Gasteiger partial charge >= 0.3 is 0 Å². The molecular weight excluding hydrogens is 217 g/mol. The van der Waals surface area contributed by atoms with Gasteiger partial charge in [-0.05, 0) is 31.5 Å². The smallest absolute Gasteiger partial charge is 0.129 e. The van der Waals surface area contributed by atoms with E-state index in [0.717, 1.165) is 19.4 Å². The molecule has 0 heterocycles. The fourth-order valence-electron chi connectivity index (χ4n) is 1.28. The number of halogens is 2. The number of aliphatic hydroxyl groups is 1. The van der Waals surface area contributed by atoms with Crippen LogP contribution in [0.3, 0.4) is 0 Å². The predicted molar refractivity (Wildman–Crippen MR) is 59.4 cm³/mol. The Kier molecular flexibility index (Phi) is 5.61. The summed E-state index contributed by atoms with van der Waals surface area (Å²) < 4.78 is 13.3. The summed E-state index contributed by atoms with van der Waals surface area (Å²) in [6.07, 6.45) is 1.64.